The highest BCUT2D eigenvalue weighted by Crippen LogP contribution is 2.13. The number of aliphatic hydroxyl groups is 1. The van der Waals surface area contributed by atoms with Gasteiger partial charge in [0.2, 0.25) is 0 Å². The molecule has 2 N–H and O–H groups in total. The zero-order chi connectivity index (χ0) is 15.1. The van der Waals surface area contributed by atoms with Crippen LogP contribution in [-0.4, -0.2) is 41.3 Å². The Morgan fingerprint density at radius 1 is 1.38 bits per heavy atom. The van der Waals surface area contributed by atoms with Gasteiger partial charge in [-0.2, -0.15) is 5.10 Å². The number of nitrogens with one attached hydrogen (secondary N) is 1. The van der Waals surface area contributed by atoms with E-state index in [1.165, 1.54) is 0 Å². The summed E-state index contributed by atoms with van der Waals surface area (Å²) in [5.74, 6) is 0. The number of hydrogen-bond acceptors (Lipinski definition) is 4. The van der Waals surface area contributed by atoms with Crippen LogP contribution in [0.4, 0.5) is 0 Å². The highest BCUT2D eigenvalue weighted by Gasteiger charge is 2.04. The monoisotopic (exact) mass is 309 g/mol. The normalized spacial score (nSPS) is 12.5. The van der Waals surface area contributed by atoms with Gasteiger partial charge in [0.15, 0.2) is 0 Å². The molecule has 0 radical (unpaired) electrons. The molecule has 1 aromatic carbocycles. The zero-order valence-corrected chi connectivity index (χ0v) is 12.8. The van der Waals surface area contributed by atoms with Crippen molar-refractivity contribution < 1.29 is 9.84 Å². The topological polar surface area (TPSA) is 59.3 Å². The maximum absolute atomic E-state index is 9.53. The predicted octanol–water partition coefficient (Wildman–Crippen LogP) is 2.01. The van der Waals surface area contributed by atoms with Gasteiger partial charge in [-0.1, -0.05) is 11.6 Å². The van der Waals surface area contributed by atoms with E-state index >= 15 is 0 Å². The molecule has 6 heteroatoms. The summed E-state index contributed by atoms with van der Waals surface area (Å²) >= 11 is 5.87. The van der Waals surface area contributed by atoms with E-state index in [-0.39, 0.29) is 0 Å². The molecule has 1 atom stereocenters. The Morgan fingerprint density at radius 3 is 2.86 bits per heavy atom. The standard InChI is InChI=1S/C15H20ClN3O2/c1-21-11-15(20)6-7-17-8-12-9-18-19(10-12)14-4-2-13(16)3-5-14/h2-5,9-10,15,17,20H,6-8,11H2,1H3. The molecule has 5 nitrogen and oxygen atoms in total. The van der Waals surface area contributed by atoms with Crippen molar-refractivity contribution in [2.45, 2.75) is 19.1 Å². The number of benzene rings is 1. The van der Waals surface area contributed by atoms with Gasteiger partial charge >= 0.3 is 0 Å². The van der Waals surface area contributed by atoms with E-state index in [2.05, 4.69) is 10.4 Å². The summed E-state index contributed by atoms with van der Waals surface area (Å²) in [5.41, 5.74) is 2.06. The van der Waals surface area contributed by atoms with Crippen LogP contribution in [0, 0.1) is 0 Å². The van der Waals surface area contributed by atoms with Gasteiger partial charge in [0.1, 0.15) is 0 Å². The Kier molecular flexibility index (Phi) is 6.20. The smallest absolute Gasteiger partial charge is 0.0785 e. The number of halogens is 1. The van der Waals surface area contributed by atoms with Crippen molar-refractivity contribution in [1.82, 2.24) is 15.1 Å². The molecule has 0 spiro atoms. The van der Waals surface area contributed by atoms with Crippen molar-refractivity contribution in [3.05, 3.63) is 47.2 Å². The average molecular weight is 310 g/mol. The Morgan fingerprint density at radius 2 is 2.14 bits per heavy atom. The maximum Gasteiger partial charge on any atom is 0.0785 e. The van der Waals surface area contributed by atoms with Crippen molar-refractivity contribution >= 4 is 11.6 Å². The van der Waals surface area contributed by atoms with E-state index in [1.54, 1.807) is 7.11 Å². The largest absolute Gasteiger partial charge is 0.391 e. The minimum Gasteiger partial charge on any atom is -0.391 e. The first-order chi connectivity index (χ1) is 10.2. The number of aliphatic hydroxyl groups excluding tert-OH is 1. The molecule has 0 saturated carbocycles. The number of aromatic nitrogens is 2. The minimum absolute atomic E-state index is 0.371. The summed E-state index contributed by atoms with van der Waals surface area (Å²) in [4.78, 5) is 0. The quantitative estimate of drug-likeness (QED) is 0.732. The fourth-order valence-electron chi connectivity index (χ4n) is 1.96. The van der Waals surface area contributed by atoms with Gasteiger partial charge in [-0.25, -0.2) is 4.68 Å². The number of rotatable bonds is 8. The van der Waals surface area contributed by atoms with Gasteiger partial charge in [0, 0.05) is 30.4 Å². The molecule has 0 fully saturated rings. The fraction of sp³-hybridized carbons (Fsp3) is 0.400. The first kappa shape index (κ1) is 16.0. The van der Waals surface area contributed by atoms with Gasteiger partial charge in [-0.15, -0.1) is 0 Å². The Hall–Kier alpha value is -1.40. The van der Waals surface area contributed by atoms with Crippen LogP contribution in [0.25, 0.3) is 5.69 Å². The number of nitrogens with zero attached hydrogens (tertiary/aromatic N) is 2. The van der Waals surface area contributed by atoms with Gasteiger partial charge in [-0.05, 0) is 37.2 Å². The number of methoxy groups -OCH3 is 1. The average Bonchev–Trinajstić information content (AvgIpc) is 2.93. The molecule has 21 heavy (non-hydrogen) atoms. The van der Waals surface area contributed by atoms with Crippen molar-refractivity contribution in [1.29, 1.82) is 0 Å². The molecular formula is C15H20ClN3O2. The molecule has 1 aromatic heterocycles. The molecule has 0 aliphatic carbocycles. The third kappa shape index (κ3) is 5.13. The van der Waals surface area contributed by atoms with Crippen LogP contribution in [0.5, 0.6) is 0 Å². The fourth-order valence-corrected chi connectivity index (χ4v) is 2.09. The molecule has 0 aliphatic rings. The lowest BCUT2D eigenvalue weighted by Gasteiger charge is -2.09. The second kappa shape index (κ2) is 8.14. The highest BCUT2D eigenvalue weighted by atomic mass is 35.5. The van der Waals surface area contributed by atoms with Gasteiger partial charge in [-0.3, -0.25) is 0 Å². The summed E-state index contributed by atoms with van der Waals surface area (Å²) < 4.78 is 6.69. The van der Waals surface area contributed by atoms with Gasteiger partial charge < -0.3 is 15.2 Å². The molecule has 1 unspecified atom stereocenters. The zero-order valence-electron chi connectivity index (χ0n) is 12.0. The van der Waals surface area contributed by atoms with Crippen LogP contribution < -0.4 is 5.32 Å². The third-order valence-electron chi connectivity index (χ3n) is 3.07. The van der Waals surface area contributed by atoms with Crippen LogP contribution in [0.15, 0.2) is 36.7 Å². The van der Waals surface area contributed by atoms with Crippen molar-refractivity contribution in [2.75, 3.05) is 20.3 Å². The maximum atomic E-state index is 9.53. The number of hydrogen-bond donors (Lipinski definition) is 2. The summed E-state index contributed by atoms with van der Waals surface area (Å²) in [6, 6.07) is 7.53. The van der Waals surface area contributed by atoms with E-state index in [0.717, 1.165) is 17.8 Å². The Balaban J connectivity index is 1.79. The van der Waals surface area contributed by atoms with E-state index in [1.807, 2.05) is 41.3 Å². The van der Waals surface area contributed by atoms with Crippen LogP contribution in [0.3, 0.4) is 0 Å². The lowest BCUT2D eigenvalue weighted by molar-refractivity contribution is 0.0594. The summed E-state index contributed by atoms with van der Waals surface area (Å²) in [6.45, 7) is 1.82. The summed E-state index contributed by atoms with van der Waals surface area (Å²) in [7, 11) is 1.59. The van der Waals surface area contributed by atoms with Crippen LogP contribution in [0.2, 0.25) is 5.02 Å². The molecular weight excluding hydrogens is 290 g/mol. The van der Waals surface area contributed by atoms with Crippen molar-refractivity contribution in [3.8, 4) is 5.69 Å². The summed E-state index contributed by atoms with van der Waals surface area (Å²) in [6.07, 6.45) is 4.05. The predicted molar refractivity (Wildman–Crippen MR) is 82.8 cm³/mol. The molecule has 0 saturated heterocycles. The first-order valence-electron chi connectivity index (χ1n) is 6.86. The van der Waals surface area contributed by atoms with Crippen LogP contribution in [0.1, 0.15) is 12.0 Å². The van der Waals surface area contributed by atoms with E-state index in [9.17, 15) is 5.11 Å². The summed E-state index contributed by atoms with van der Waals surface area (Å²) in [5, 5.41) is 17.8. The SMILES string of the molecule is COCC(O)CCNCc1cnn(-c2ccc(Cl)cc2)c1. The molecule has 0 bridgehead atoms. The lowest BCUT2D eigenvalue weighted by Crippen LogP contribution is -2.22. The molecule has 2 aromatic rings. The van der Waals surface area contributed by atoms with Crippen LogP contribution >= 0.6 is 11.6 Å². The van der Waals surface area contributed by atoms with Gasteiger partial charge in [0.25, 0.3) is 0 Å². The Bertz CT molecular complexity index is 542. The third-order valence-corrected chi connectivity index (χ3v) is 3.32. The second-order valence-corrected chi connectivity index (χ2v) is 5.28. The Labute approximate surface area is 129 Å². The molecule has 114 valence electrons. The molecule has 0 aliphatic heterocycles. The second-order valence-electron chi connectivity index (χ2n) is 4.84. The molecule has 2 rings (SSSR count). The van der Waals surface area contributed by atoms with Gasteiger partial charge in [0.05, 0.1) is 24.6 Å². The van der Waals surface area contributed by atoms with Crippen molar-refractivity contribution in [3.63, 3.8) is 0 Å². The first-order valence-corrected chi connectivity index (χ1v) is 7.24. The highest BCUT2D eigenvalue weighted by molar-refractivity contribution is 6.30. The minimum atomic E-state index is -0.417. The van der Waals surface area contributed by atoms with E-state index in [4.69, 9.17) is 16.3 Å². The van der Waals surface area contributed by atoms with Crippen LogP contribution in [-0.2, 0) is 11.3 Å². The number of ether oxygens (including phenoxy) is 1. The molecule has 0 amide bonds. The van der Waals surface area contributed by atoms with Crippen molar-refractivity contribution in [2.24, 2.45) is 0 Å². The molecule has 1 heterocycles. The lowest BCUT2D eigenvalue weighted by atomic mass is 10.2. The van der Waals surface area contributed by atoms with E-state index in [0.29, 0.717) is 24.6 Å². The van der Waals surface area contributed by atoms with E-state index < -0.39 is 6.10 Å².